The summed E-state index contributed by atoms with van der Waals surface area (Å²) in [5.41, 5.74) is 1.50. The first-order valence-electron chi connectivity index (χ1n) is 6.75. The summed E-state index contributed by atoms with van der Waals surface area (Å²) in [5.74, 6) is 1.32. The molecule has 2 rings (SSSR count). The summed E-state index contributed by atoms with van der Waals surface area (Å²) in [5, 5.41) is 15.1. The summed E-state index contributed by atoms with van der Waals surface area (Å²) < 4.78 is 11.2. The van der Waals surface area contributed by atoms with Crippen LogP contribution in [0.1, 0.15) is 31.4 Å². The quantitative estimate of drug-likeness (QED) is 0.795. The monoisotopic (exact) mass is 296 g/mol. The van der Waals surface area contributed by atoms with E-state index in [2.05, 4.69) is 10.6 Å². The molecule has 1 fully saturated rings. The molecule has 0 aromatic heterocycles. The highest BCUT2D eigenvalue weighted by Gasteiger charge is 2.19. The SMILES string of the molecule is CC(O)c1ccc(NC(=O)NC2CCS(=O)CC2)cc1. The van der Waals surface area contributed by atoms with Gasteiger partial charge in [0, 0.05) is 34.0 Å². The second-order valence-corrected chi connectivity index (χ2v) is 6.71. The summed E-state index contributed by atoms with van der Waals surface area (Å²) in [6, 6.07) is 6.94. The summed E-state index contributed by atoms with van der Waals surface area (Å²) in [4.78, 5) is 11.8. The standard InChI is InChI=1S/C14H20N2O3S/c1-10(17)11-2-4-12(5-3-11)15-14(18)16-13-6-8-20(19)9-7-13/h2-5,10,13,17H,6-9H2,1H3,(H2,15,16,18). The van der Waals surface area contributed by atoms with Crippen molar-refractivity contribution in [2.45, 2.75) is 31.9 Å². The van der Waals surface area contributed by atoms with Crippen molar-refractivity contribution in [1.29, 1.82) is 0 Å². The van der Waals surface area contributed by atoms with Gasteiger partial charge in [-0.05, 0) is 37.5 Å². The topological polar surface area (TPSA) is 78.4 Å². The molecule has 0 spiro atoms. The van der Waals surface area contributed by atoms with Crippen molar-refractivity contribution in [2.24, 2.45) is 0 Å². The number of aliphatic hydroxyl groups is 1. The predicted octanol–water partition coefficient (Wildman–Crippen LogP) is 1.77. The molecule has 0 bridgehead atoms. The van der Waals surface area contributed by atoms with Gasteiger partial charge in [0.1, 0.15) is 0 Å². The molecule has 1 aliphatic heterocycles. The van der Waals surface area contributed by atoms with Crippen LogP contribution in [0.15, 0.2) is 24.3 Å². The number of nitrogens with one attached hydrogen (secondary N) is 2. The third-order valence-corrected chi connectivity index (χ3v) is 4.76. The van der Waals surface area contributed by atoms with E-state index in [1.165, 1.54) is 0 Å². The maximum atomic E-state index is 11.8. The van der Waals surface area contributed by atoms with Crippen LogP contribution in [-0.2, 0) is 10.8 Å². The highest BCUT2D eigenvalue weighted by atomic mass is 32.2. The van der Waals surface area contributed by atoms with Crippen molar-refractivity contribution in [2.75, 3.05) is 16.8 Å². The molecule has 1 saturated heterocycles. The molecule has 1 aromatic carbocycles. The highest BCUT2D eigenvalue weighted by molar-refractivity contribution is 7.85. The van der Waals surface area contributed by atoms with E-state index >= 15 is 0 Å². The van der Waals surface area contributed by atoms with Crippen LogP contribution in [0.25, 0.3) is 0 Å². The van der Waals surface area contributed by atoms with Crippen molar-refractivity contribution >= 4 is 22.5 Å². The van der Waals surface area contributed by atoms with E-state index in [-0.39, 0.29) is 12.1 Å². The van der Waals surface area contributed by atoms with Gasteiger partial charge >= 0.3 is 6.03 Å². The fraction of sp³-hybridized carbons (Fsp3) is 0.500. The summed E-state index contributed by atoms with van der Waals surface area (Å²) in [7, 11) is -0.716. The average molecular weight is 296 g/mol. The van der Waals surface area contributed by atoms with Gasteiger partial charge in [0.05, 0.1) is 6.10 Å². The lowest BCUT2D eigenvalue weighted by atomic mass is 10.1. The van der Waals surface area contributed by atoms with E-state index in [1.54, 1.807) is 31.2 Å². The smallest absolute Gasteiger partial charge is 0.319 e. The molecule has 1 atom stereocenters. The van der Waals surface area contributed by atoms with Crippen LogP contribution >= 0.6 is 0 Å². The van der Waals surface area contributed by atoms with E-state index in [9.17, 15) is 14.1 Å². The molecule has 2 amide bonds. The predicted molar refractivity (Wildman–Crippen MR) is 80.1 cm³/mol. The van der Waals surface area contributed by atoms with Gasteiger partial charge in [0.2, 0.25) is 0 Å². The lowest BCUT2D eigenvalue weighted by molar-refractivity contribution is 0.199. The van der Waals surface area contributed by atoms with Crippen molar-refractivity contribution in [3.05, 3.63) is 29.8 Å². The lowest BCUT2D eigenvalue weighted by Gasteiger charge is -2.22. The zero-order valence-corrected chi connectivity index (χ0v) is 12.3. The Morgan fingerprint density at radius 2 is 1.90 bits per heavy atom. The van der Waals surface area contributed by atoms with Crippen molar-refractivity contribution in [3.63, 3.8) is 0 Å². The molecule has 5 nitrogen and oxygen atoms in total. The Labute approximate surface area is 121 Å². The maximum Gasteiger partial charge on any atom is 0.319 e. The Morgan fingerprint density at radius 1 is 1.30 bits per heavy atom. The van der Waals surface area contributed by atoms with Gasteiger partial charge in [-0.2, -0.15) is 0 Å². The summed E-state index contributed by atoms with van der Waals surface area (Å²) in [6.45, 7) is 1.70. The fourth-order valence-electron chi connectivity index (χ4n) is 2.14. The van der Waals surface area contributed by atoms with E-state index in [1.807, 2.05) is 0 Å². The molecule has 20 heavy (non-hydrogen) atoms. The van der Waals surface area contributed by atoms with E-state index < -0.39 is 16.9 Å². The lowest BCUT2D eigenvalue weighted by Crippen LogP contribution is -2.41. The second kappa shape index (κ2) is 6.85. The molecule has 1 unspecified atom stereocenters. The fourth-order valence-corrected chi connectivity index (χ4v) is 3.43. The molecular formula is C14H20N2O3S. The van der Waals surface area contributed by atoms with Crippen molar-refractivity contribution in [1.82, 2.24) is 5.32 Å². The van der Waals surface area contributed by atoms with Crippen LogP contribution in [0.3, 0.4) is 0 Å². The van der Waals surface area contributed by atoms with Gasteiger partial charge in [-0.15, -0.1) is 0 Å². The van der Waals surface area contributed by atoms with Crippen LogP contribution in [0, 0.1) is 0 Å². The first-order valence-corrected chi connectivity index (χ1v) is 8.24. The molecule has 1 aromatic rings. The van der Waals surface area contributed by atoms with Gasteiger partial charge in [0.25, 0.3) is 0 Å². The van der Waals surface area contributed by atoms with E-state index in [0.717, 1.165) is 18.4 Å². The minimum Gasteiger partial charge on any atom is -0.389 e. The second-order valence-electron chi connectivity index (χ2n) is 5.02. The molecule has 0 radical (unpaired) electrons. The Bertz CT molecular complexity index is 478. The molecule has 110 valence electrons. The number of aliphatic hydroxyl groups excluding tert-OH is 1. The third-order valence-electron chi connectivity index (χ3n) is 3.37. The Kier molecular flexibility index (Phi) is 5.14. The van der Waals surface area contributed by atoms with Gasteiger partial charge in [0.15, 0.2) is 0 Å². The summed E-state index contributed by atoms with van der Waals surface area (Å²) >= 11 is 0. The maximum absolute atomic E-state index is 11.8. The molecule has 6 heteroatoms. The molecule has 0 saturated carbocycles. The van der Waals surface area contributed by atoms with Gasteiger partial charge < -0.3 is 15.7 Å². The number of hydrogen-bond acceptors (Lipinski definition) is 3. The van der Waals surface area contributed by atoms with Crippen LogP contribution in [0.4, 0.5) is 10.5 Å². The normalized spacial score (nSPS) is 23.9. The molecular weight excluding hydrogens is 276 g/mol. The minimum atomic E-state index is -0.716. The van der Waals surface area contributed by atoms with Crippen LogP contribution in [0.5, 0.6) is 0 Å². The number of anilines is 1. The number of carbonyl (C=O) groups is 1. The largest absolute Gasteiger partial charge is 0.389 e. The minimum absolute atomic E-state index is 0.101. The number of urea groups is 1. The number of amides is 2. The Morgan fingerprint density at radius 3 is 2.45 bits per heavy atom. The average Bonchev–Trinajstić information content (AvgIpc) is 2.42. The summed E-state index contributed by atoms with van der Waals surface area (Å²) in [6.07, 6.45) is 1.02. The Balaban J connectivity index is 1.83. The van der Waals surface area contributed by atoms with Crippen LogP contribution < -0.4 is 10.6 Å². The van der Waals surface area contributed by atoms with Crippen LogP contribution in [-0.4, -0.2) is 32.9 Å². The van der Waals surface area contributed by atoms with Gasteiger partial charge in [-0.3, -0.25) is 4.21 Å². The third kappa shape index (κ3) is 4.31. The molecule has 3 N–H and O–H groups in total. The molecule has 0 aliphatic carbocycles. The zero-order valence-electron chi connectivity index (χ0n) is 11.5. The first kappa shape index (κ1) is 15.0. The van der Waals surface area contributed by atoms with E-state index in [0.29, 0.717) is 17.2 Å². The molecule has 1 heterocycles. The van der Waals surface area contributed by atoms with Gasteiger partial charge in [-0.1, -0.05) is 12.1 Å². The molecule has 1 aliphatic rings. The highest BCUT2D eigenvalue weighted by Crippen LogP contribution is 2.16. The Hall–Kier alpha value is -1.40. The number of carbonyl (C=O) groups excluding carboxylic acids is 1. The zero-order chi connectivity index (χ0) is 14.5. The first-order chi connectivity index (χ1) is 9.54. The number of benzene rings is 1. The van der Waals surface area contributed by atoms with Crippen LogP contribution in [0.2, 0.25) is 0 Å². The van der Waals surface area contributed by atoms with E-state index in [4.69, 9.17) is 0 Å². The van der Waals surface area contributed by atoms with Crippen molar-refractivity contribution in [3.8, 4) is 0 Å². The number of rotatable bonds is 3. The van der Waals surface area contributed by atoms with Crippen molar-refractivity contribution < 1.29 is 14.1 Å². The van der Waals surface area contributed by atoms with Gasteiger partial charge in [-0.25, -0.2) is 4.79 Å². The number of hydrogen-bond donors (Lipinski definition) is 3.